The van der Waals surface area contributed by atoms with Crippen LogP contribution in [0.5, 0.6) is 5.75 Å². The molecule has 0 bridgehead atoms. The molecule has 2 heterocycles. The molecule has 32 heavy (non-hydrogen) atoms. The third kappa shape index (κ3) is 3.51. The number of anilines is 1. The highest BCUT2D eigenvalue weighted by molar-refractivity contribution is 6.05. The van der Waals surface area contributed by atoms with Gasteiger partial charge in [0.15, 0.2) is 0 Å². The normalized spacial score (nSPS) is 10.9. The van der Waals surface area contributed by atoms with E-state index >= 15 is 0 Å². The molecule has 0 saturated heterocycles. The number of hydrogen-bond acceptors (Lipinski definition) is 3. The Labute approximate surface area is 186 Å². The summed E-state index contributed by atoms with van der Waals surface area (Å²) in [6.45, 7) is 5.66. The van der Waals surface area contributed by atoms with E-state index in [1.54, 1.807) is 23.5 Å². The van der Waals surface area contributed by atoms with Crippen molar-refractivity contribution in [2.45, 2.75) is 20.8 Å². The quantitative estimate of drug-likeness (QED) is 0.517. The van der Waals surface area contributed by atoms with E-state index in [9.17, 15) is 9.59 Å². The Balaban J connectivity index is 1.69. The molecule has 4 rings (SSSR count). The first-order chi connectivity index (χ1) is 15.3. The number of carbonyl (C=O) groups is 1. The fourth-order valence-electron chi connectivity index (χ4n) is 4.01. The summed E-state index contributed by atoms with van der Waals surface area (Å²) in [5.41, 5.74) is 4.59. The zero-order valence-corrected chi connectivity index (χ0v) is 18.8. The van der Waals surface area contributed by atoms with Crippen molar-refractivity contribution < 1.29 is 9.53 Å². The zero-order valence-electron chi connectivity index (χ0n) is 18.8. The molecule has 0 radical (unpaired) electrons. The lowest BCUT2D eigenvalue weighted by molar-refractivity contribution is 0.102. The molecule has 0 aliphatic carbocycles. The van der Waals surface area contributed by atoms with Crippen LogP contribution in [0, 0.1) is 20.8 Å². The van der Waals surface area contributed by atoms with Gasteiger partial charge < -0.3 is 14.6 Å². The first-order valence-corrected chi connectivity index (χ1v) is 10.3. The van der Waals surface area contributed by atoms with Crippen LogP contribution in [0.15, 0.2) is 65.5 Å². The number of nitrogens with one attached hydrogen (secondary N) is 1. The molecule has 1 N–H and O–H groups in total. The molecule has 0 atom stereocenters. The summed E-state index contributed by atoms with van der Waals surface area (Å²) in [5, 5.41) is 2.85. The third-order valence-corrected chi connectivity index (χ3v) is 5.80. The van der Waals surface area contributed by atoms with Gasteiger partial charge in [-0.3, -0.25) is 14.3 Å². The van der Waals surface area contributed by atoms with E-state index in [1.165, 1.54) is 0 Å². The molecule has 0 aliphatic heterocycles. The minimum absolute atomic E-state index is 0.270. The van der Waals surface area contributed by atoms with Crippen LogP contribution in [0.25, 0.3) is 11.4 Å². The predicted octanol–water partition coefficient (Wildman–Crippen LogP) is 4.15. The molecule has 164 valence electrons. The van der Waals surface area contributed by atoms with Crippen molar-refractivity contribution in [2.24, 2.45) is 7.05 Å². The van der Waals surface area contributed by atoms with Gasteiger partial charge in [0, 0.05) is 24.1 Å². The van der Waals surface area contributed by atoms with Gasteiger partial charge in [0.1, 0.15) is 11.4 Å². The van der Waals surface area contributed by atoms with Crippen LogP contribution < -0.4 is 15.6 Å². The van der Waals surface area contributed by atoms with Gasteiger partial charge in [-0.25, -0.2) is 4.68 Å². The highest BCUT2D eigenvalue weighted by atomic mass is 16.5. The molecule has 0 unspecified atom stereocenters. The minimum Gasteiger partial charge on any atom is -0.497 e. The summed E-state index contributed by atoms with van der Waals surface area (Å²) < 4.78 is 10.5. The molecule has 0 saturated carbocycles. The van der Waals surface area contributed by atoms with Crippen molar-refractivity contribution in [1.82, 2.24) is 13.9 Å². The van der Waals surface area contributed by atoms with E-state index in [1.807, 2.05) is 86.0 Å². The summed E-state index contributed by atoms with van der Waals surface area (Å²) in [5.74, 6) is 0.451. The Hall–Kier alpha value is -4.00. The second kappa shape index (κ2) is 8.26. The largest absolute Gasteiger partial charge is 0.497 e. The fraction of sp³-hybridized carbons (Fsp3) is 0.200. The van der Waals surface area contributed by atoms with Crippen LogP contribution in [0.3, 0.4) is 0 Å². The number of para-hydroxylation sites is 1. The van der Waals surface area contributed by atoms with Crippen molar-refractivity contribution in [3.63, 3.8) is 0 Å². The molecule has 0 fully saturated rings. The third-order valence-electron chi connectivity index (χ3n) is 5.80. The van der Waals surface area contributed by atoms with Gasteiger partial charge in [0.05, 0.1) is 24.1 Å². The summed E-state index contributed by atoms with van der Waals surface area (Å²) in [7, 11) is 3.43. The Bertz CT molecular complexity index is 1340. The van der Waals surface area contributed by atoms with Crippen molar-refractivity contribution in [3.8, 4) is 17.1 Å². The molecule has 7 nitrogen and oxygen atoms in total. The fourth-order valence-corrected chi connectivity index (χ4v) is 4.01. The standard InChI is InChI=1S/C25H26N4O3/c1-16-15-22(17(2)28(16)19-11-13-21(32-5)14-12-19)24(30)26-23-18(3)27(4)29(25(23)31)20-9-7-6-8-10-20/h6-15H,1-5H3,(H,26,30). The molecule has 4 aromatic rings. The van der Waals surface area contributed by atoms with Crippen molar-refractivity contribution in [1.29, 1.82) is 0 Å². The summed E-state index contributed by atoms with van der Waals surface area (Å²) in [4.78, 5) is 26.3. The SMILES string of the molecule is COc1ccc(-n2c(C)cc(C(=O)Nc3c(C)n(C)n(-c4ccccc4)c3=O)c2C)cc1. The molecular weight excluding hydrogens is 404 g/mol. The maximum Gasteiger partial charge on any atom is 0.295 e. The second-order valence-electron chi connectivity index (χ2n) is 7.71. The maximum atomic E-state index is 13.2. The molecular formula is C25H26N4O3. The van der Waals surface area contributed by atoms with E-state index in [0.29, 0.717) is 11.3 Å². The van der Waals surface area contributed by atoms with E-state index in [0.717, 1.165) is 28.5 Å². The molecule has 0 aliphatic rings. The molecule has 1 amide bonds. The molecule has 0 spiro atoms. The van der Waals surface area contributed by atoms with E-state index < -0.39 is 0 Å². The average Bonchev–Trinajstić information content (AvgIpc) is 3.21. The smallest absolute Gasteiger partial charge is 0.295 e. The van der Waals surface area contributed by atoms with Gasteiger partial charge in [-0.2, -0.15) is 0 Å². The van der Waals surface area contributed by atoms with Gasteiger partial charge in [-0.15, -0.1) is 0 Å². The monoisotopic (exact) mass is 430 g/mol. The number of methoxy groups -OCH3 is 1. The maximum absolute atomic E-state index is 13.2. The average molecular weight is 431 g/mol. The van der Waals surface area contributed by atoms with E-state index in [-0.39, 0.29) is 17.2 Å². The number of amides is 1. The van der Waals surface area contributed by atoms with Crippen molar-refractivity contribution in [3.05, 3.63) is 93.7 Å². The van der Waals surface area contributed by atoms with Gasteiger partial charge >= 0.3 is 0 Å². The summed E-state index contributed by atoms with van der Waals surface area (Å²) >= 11 is 0. The molecule has 2 aromatic heterocycles. The Morgan fingerprint density at radius 1 is 0.906 bits per heavy atom. The topological polar surface area (TPSA) is 70.2 Å². The van der Waals surface area contributed by atoms with Gasteiger partial charge in [-0.05, 0) is 63.2 Å². The second-order valence-corrected chi connectivity index (χ2v) is 7.71. The number of aryl methyl sites for hydroxylation is 1. The van der Waals surface area contributed by atoms with E-state index in [4.69, 9.17) is 4.74 Å². The molecule has 7 heteroatoms. The van der Waals surface area contributed by atoms with Gasteiger partial charge in [0.2, 0.25) is 0 Å². The number of aromatic nitrogens is 3. The lowest BCUT2D eigenvalue weighted by Crippen LogP contribution is -2.23. The van der Waals surface area contributed by atoms with Gasteiger partial charge in [0.25, 0.3) is 11.5 Å². The van der Waals surface area contributed by atoms with Crippen LogP contribution in [-0.4, -0.2) is 26.9 Å². The van der Waals surface area contributed by atoms with E-state index in [2.05, 4.69) is 5.32 Å². The first kappa shape index (κ1) is 21.2. The summed E-state index contributed by atoms with van der Waals surface area (Å²) in [6, 6.07) is 18.8. The zero-order chi connectivity index (χ0) is 23.0. The minimum atomic E-state index is -0.316. The van der Waals surface area contributed by atoms with Gasteiger partial charge in [-0.1, -0.05) is 18.2 Å². The number of ether oxygens (including phenoxy) is 1. The number of benzene rings is 2. The van der Waals surface area contributed by atoms with Crippen molar-refractivity contribution in [2.75, 3.05) is 12.4 Å². The highest BCUT2D eigenvalue weighted by Crippen LogP contribution is 2.24. The lowest BCUT2D eigenvalue weighted by Gasteiger charge is -2.11. The Kier molecular flexibility index (Phi) is 5.48. The predicted molar refractivity (Wildman–Crippen MR) is 125 cm³/mol. The van der Waals surface area contributed by atoms with Crippen LogP contribution in [-0.2, 0) is 7.05 Å². The Morgan fingerprint density at radius 3 is 2.19 bits per heavy atom. The summed E-state index contributed by atoms with van der Waals surface area (Å²) in [6.07, 6.45) is 0. The number of nitrogens with zero attached hydrogens (tertiary/aromatic N) is 3. The molecule has 2 aromatic carbocycles. The van der Waals surface area contributed by atoms with Crippen LogP contribution in [0.1, 0.15) is 27.4 Å². The number of rotatable bonds is 5. The first-order valence-electron chi connectivity index (χ1n) is 10.3. The lowest BCUT2D eigenvalue weighted by atomic mass is 10.2. The van der Waals surface area contributed by atoms with Crippen molar-refractivity contribution >= 4 is 11.6 Å². The number of carbonyl (C=O) groups excluding carboxylic acids is 1. The highest BCUT2D eigenvalue weighted by Gasteiger charge is 2.22. The number of hydrogen-bond donors (Lipinski definition) is 1. The van der Waals surface area contributed by atoms with Crippen LogP contribution in [0.4, 0.5) is 5.69 Å². The Morgan fingerprint density at radius 2 is 1.56 bits per heavy atom. The van der Waals surface area contributed by atoms with Crippen LogP contribution >= 0.6 is 0 Å². The van der Waals surface area contributed by atoms with Crippen LogP contribution in [0.2, 0.25) is 0 Å².